The zero-order chi connectivity index (χ0) is 27.5. The lowest BCUT2D eigenvalue weighted by atomic mass is 9.69. The van der Waals surface area contributed by atoms with Gasteiger partial charge in [0.05, 0.1) is 17.9 Å². The zero-order valence-corrected chi connectivity index (χ0v) is 24.5. The second-order valence-electron chi connectivity index (χ2n) is 14.1. The number of aliphatic hydroxyl groups is 1. The lowest BCUT2D eigenvalue weighted by Gasteiger charge is -2.55. The van der Waals surface area contributed by atoms with Crippen molar-refractivity contribution in [3.63, 3.8) is 0 Å². The number of piperidine rings is 1. The minimum Gasteiger partial charge on any atom is -0.393 e. The lowest BCUT2D eigenvalue weighted by molar-refractivity contribution is -0.328. The number of carbonyl (C=O) groups is 2. The number of nitrogens with zero attached hydrogens (tertiary/aromatic N) is 4. The molecule has 0 aromatic heterocycles. The fraction of sp³-hybridized carbons (Fsp3) is 0.806. The fourth-order valence-electron chi connectivity index (χ4n) is 7.92. The predicted octanol–water partition coefficient (Wildman–Crippen LogP) is 3.47. The van der Waals surface area contributed by atoms with Crippen LogP contribution in [0.25, 0.3) is 0 Å². The monoisotopic (exact) mass is 540 g/mol. The molecule has 0 radical (unpaired) electrons. The van der Waals surface area contributed by atoms with Crippen LogP contribution in [0.3, 0.4) is 0 Å². The molecule has 4 heterocycles. The molecule has 216 valence electrons. The van der Waals surface area contributed by atoms with Gasteiger partial charge in [0, 0.05) is 56.4 Å². The largest absolute Gasteiger partial charge is 0.393 e. The molecule has 0 bridgehead atoms. The highest BCUT2D eigenvalue weighted by molar-refractivity contribution is 6.22. The van der Waals surface area contributed by atoms with Crippen molar-refractivity contribution in [1.29, 1.82) is 0 Å². The van der Waals surface area contributed by atoms with E-state index in [2.05, 4.69) is 32.8 Å². The van der Waals surface area contributed by atoms with Gasteiger partial charge < -0.3 is 19.8 Å². The highest BCUT2D eigenvalue weighted by Crippen LogP contribution is 2.45. The van der Waals surface area contributed by atoms with Gasteiger partial charge >= 0.3 is 0 Å². The van der Waals surface area contributed by atoms with E-state index in [9.17, 15) is 14.7 Å². The molecule has 0 spiro atoms. The van der Waals surface area contributed by atoms with Gasteiger partial charge in [-0.25, -0.2) is 0 Å². The first-order chi connectivity index (χ1) is 18.5. The molecule has 8 nitrogen and oxygen atoms in total. The molecule has 0 aromatic rings. The smallest absolute Gasteiger partial charge is 0.227 e. The Labute approximate surface area is 233 Å². The van der Waals surface area contributed by atoms with Gasteiger partial charge in [0.1, 0.15) is 11.4 Å². The van der Waals surface area contributed by atoms with E-state index in [4.69, 9.17) is 4.84 Å². The van der Waals surface area contributed by atoms with Gasteiger partial charge in [-0.1, -0.05) is 25.7 Å². The van der Waals surface area contributed by atoms with Gasteiger partial charge in [-0.05, 0) is 71.6 Å². The number of hydrogen-bond acceptors (Lipinski definition) is 8. The Morgan fingerprint density at radius 1 is 0.769 bits per heavy atom. The lowest BCUT2D eigenvalue weighted by Crippen LogP contribution is -2.63. The van der Waals surface area contributed by atoms with E-state index in [1.807, 2.05) is 14.7 Å². The maximum Gasteiger partial charge on any atom is 0.227 e. The summed E-state index contributed by atoms with van der Waals surface area (Å²) in [7, 11) is 0. The summed E-state index contributed by atoms with van der Waals surface area (Å²) in [5.74, 6) is 1.71. The summed E-state index contributed by atoms with van der Waals surface area (Å²) in [5, 5.41) is 12.5. The van der Waals surface area contributed by atoms with Crippen molar-refractivity contribution in [2.75, 3.05) is 39.3 Å². The van der Waals surface area contributed by atoms with E-state index in [1.54, 1.807) is 0 Å². The average Bonchev–Trinajstić information content (AvgIpc) is 3.72. The first kappa shape index (κ1) is 27.3. The standard InChI is InChI=1S/C19H35NO2.C12H13N3O2/c1-18(2)12-15(21)13-19(3,4)20(18)22-17-11-7-9-14-8-5-6-10-16(14)17;16-9-7-8(13-1-2-13)12(17)11(15-5-6-15)10(9)14-3-4-14/h14-17,21H,5-13H2,1-4H3;7H,1-6H2. The van der Waals surface area contributed by atoms with E-state index < -0.39 is 0 Å². The van der Waals surface area contributed by atoms with E-state index in [1.165, 1.54) is 51.0 Å². The van der Waals surface area contributed by atoms with Crippen molar-refractivity contribution >= 4 is 11.6 Å². The third-order valence-corrected chi connectivity index (χ3v) is 9.81. The molecule has 4 aliphatic heterocycles. The van der Waals surface area contributed by atoms with E-state index in [0.29, 0.717) is 23.2 Å². The Morgan fingerprint density at radius 2 is 1.33 bits per heavy atom. The molecular formula is C31H48N4O4. The second-order valence-corrected chi connectivity index (χ2v) is 14.1. The zero-order valence-electron chi connectivity index (χ0n) is 24.5. The van der Waals surface area contributed by atoms with Crippen LogP contribution in [0.5, 0.6) is 0 Å². The van der Waals surface area contributed by atoms with Gasteiger partial charge in [0.2, 0.25) is 11.6 Å². The van der Waals surface area contributed by atoms with Crippen LogP contribution in [0, 0.1) is 11.8 Å². The summed E-state index contributed by atoms with van der Waals surface area (Å²) in [6, 6.07) is 0. The van der Waals surface area contributed by atoms with E-state index in [0.717, 1.165) is 63.9 Å². The van der Waals surface area contributed by atoms with Crippen molar-refractivity contribution in [3.8, 4) is 0 Å². The third-order valence-electron chi connectivity index (χ3n) is 9.81. The molecule has 39 heavy (non-hydrogen) atoms. The van der Waals surface area contributed by atoms with Gasteiger partial charge in [0.25, 0.3) is 0 Å². The highest BCUT2D eigenvalue weighted by Gasteiger charge is 2.49. The SMILES string of the molecule is CC1(C)CC(O)CC(C)(C)N1OC1CCCC2CCCCC21.O=C1C=C(N2CC2)C(=O)C(N2CC2)=C1N1CC1. The summed E-state index contributed by atoms with van der Waals surface area (Å²) >= 11 is 0. The van der Waals surface area contributed by atoms with Crippen LogP contribution in [0.2, 0.25) is 0 Å². The van der Waals surface area contributed by atoms with Crippen molar-refractivity contribution in [3.05, 3.63) is 23.2 Å². The van der Waals surface area contributed by atoms with Crippen LogP contribution in [0.1, 0.15) is 85.5 Å². The summed E-state index contributed by atoms with van der Waals surface area (Å²) in [6.45, 7) is 14.3. The fourth-order valence-corrected chi connectivity index (χ4v) is 7.92. The van der Waals surface area contributed by atoms with Gasteiger partial charge in [-0.3, -0.25) is 14.4 Å². The molecule has 7 aliphatic rings. The maximum absolute atomic E-state index is 12.4. The van der Waals surface area contributed by atoms with Crippen LogP contribution in [-0.4, -0.2) is 99.0 Å². The highest BCUT2D eigenvalue weighted by atomic mass is 16.7. The van der Waals surface area contributed by atoms with Crippen LogP contribution >= 0.6 is 0 Å². The van der Waals surface area contributed by atoms with Gasteiger partial charge in [0.15, 0.2) is 0 Å². The number of aliphatic hydroxyl groups excluding tert-OH is 1. The van der Waals surface area contributed by atoms with Gasteiger partial charge in [-0.2, -0.15) is 5.06 Å². The number of fused-ring (bicyclic) bond motifs is 1. The normalized spacial score (nSPS) is 33.8. The molecule has 1 N–H and O–H groups in total. The second kappa shape index (κ2) is 10.2. The topological polar surface area (TPSA) is 75.9 Å². The van der Waals surface area contributed by atoms with E-state index >= 15 is 0 Å². The minimum atomic E-state index is -0.210. The molecule has 2 saturated carbocycles. The number of hydrogen-bond donors (Lipinski definition) is 1. The van der Waals surface area contributed by atoms with Crippen LogP contribution in [0.4, 0.5) is 0 Å². The molecule has 0 aromatic carbocycles. The van der Waals surface area contributed by atoms with Crippen LogP contribution < -0.4 is 0 Å². The van der Waals surface area contributed by atoms with Gasteiger partial charge in [-0.15, -0.1) is 0 Å². The summed E-state index contributed by atoms with van der Waals surface area (Å²) in [4.78, 5) is 37.2. The maximum atomic E-state index is 12.4. The third kappa shape index (κ3) is 5.66. The number of ketones is 2. The van der Waals surface area contributed by atoms with Crippen molar-refractivity contribution < 1.29 is 19.5 Å². The summed E-state index contributed by atoms with van der Waals surface area (Å²) in [5.41, 5.74) is 1.70. The molecule has 8 heteroatoms. The molecule has 0 amide bonds. The number of Topliss-reactive ketones (excluding diaryl/α,β-unsaturated/α-hetero) is 1. The first-order valence-electron chi connectivity index (χ1n) is 15.5. The Bertz CT molecular complexity index is 1030. The molecule has 7 rings (SSSR count). The van der Waals surface area contributed by atoms with Crippen molar-refractivity contribution in [2.45, 2.75) is 109 Å². The molecular weight excluding hydrogens is 492 g/mol. The Kier molecular flexibility index (Phi) is 7.12. The van der Waals surface area contributed by atoms with Crippen LogP contribution in [0.15, 0.2) is 23.2 Å². The van der Waals surface area contributed by atoms with Crippen molar-refractivity contribution in [2.24, 2.45) is 11.8 Å². The quantitative estimate of drug-likeness (QED) is 0.420. The average molecular weight is 541 g/mol. The predicted molar refractivity (Wildman–Crippen MR) is 149 cm³/mol. The Morgan fingerprint density at radius 3 is 1.95 bits per heavy atom. The number of rotatable bonds is 5. The van der Waals surface area contributed by atoms with E-state index in [-0.39, 0.29) is 28.7 Å². The molecule has 6 fully saturated rings. The Balaban J connectivity index is 0.000000146. The number of hydroxylamine groups is 2. The molecule has 4 saturated heterocycles. The summed E-state index contributed by atoms with van der Waals surface area (Å²) < 4.78 is 0. The number of carbonyl (C=O) groups excluding carboxylic acids is 2. The number of allylic oxidation sites excluding steroid dienone is 1. The Hall–Kier alpha value is -1.90. The van der Waals surface area contributed by atoms with Crippen LogP contribution in [-0.2, 0) is 14.4 Å². The molecule has 3 atom stereocenters. The minimum absolute atomic E-state index is 0.00546. The molecule has 3 unspecified atom stereocenters. The summed E-state index contributed by atoms with van der Waals surface area (Å²) in [6.07, 6.45) is 12.8. The first-order valence-corrected chi connectivity index (χ1v) is 15.5. The molecule has 3 aliphatic carbocycles. The van der Waals surface area contributed by atoms with Crippen molar-refractivity contribution in [1.82, 2.24) is 19.8 Å².